The first-order valence-electron chi connectivity index (χ1n) is 9.21. The Morgan fingerprint density at radius 2 is 2.00 bits per heavy atom. The highest BCUT2D eigenvalue weighted by molar-refractivity contribution is 4.90. The van der Waals surface area contributed by atoms with Gasteiger partial charge >= 0.3 is 0 Å². The molecule has 1 unspecified atom stereocenters. The molecular weight excluding hydrogens is 260 g/mol. The lowest BCUT2D eigenvalue weighted by atomic mass is 9.70. The van der Waals surface area contributed by atoms with Gasteiger partial charge in [0.15, 0.2) is 0 Å². The van der Waals surface area contributed by atoms with Gasteiger partial charge in [0.2, 0.25) is 0 Å². The van der Waals surface area contributed by atoms with Gasteiger partial charge in [-0.05, 0) is 62.4 Å². The molecule has 1 atom stereocenters. The molecule has 1 heterocycles. The van der Waals surface area contributed by atoms with E-state index in [-0.39, 0.29) is 0 Å². The maximum absolute atomic E-state index is 9.45. The fourth-order valence-electron chi connectivity index (χ4n) is 4.21. The van der Waals surface area contributed by atoms with Crippen LogP contribution in [0, 0.1) is 17.3 Å². The predicted molar refractivity (Wildman–Crippen MR) is 89.5 cm³/mol. The predicted octanol–water partition coefficient (Wildman–Crippen LogP) is 2.89. The van der Waals surface area contributed by atoms with Crippen LogP contribution < -0.4 is 5.32 Å². The minimum Gasteiger partial charge on any atom is -0.396 e. The van der Waals surface area contributed by atoms with E-state index >= 15 is 0 Å². The Kier molecular flexibility index (Phi) is 6.97. The van der Waals surface area contributed by atoms with E-state index < -0.39 is 0 Å². The molecule has 0 radical (unpaired) electrons. The van der Waals surface area contributed by atoms with Crippen molar-refractivity contribution in [3.05, 3.63) is 0 Å². The smallest absolute Gasteiger partial charge is 0.0471 e. The van der Waals surface area contributed by atoms with E-state index in [1.807, 2.05) is 0 Å². The van der Waals surface area contributed by atoms with Gasteiger partial charge in [-0.3, -0.25) is 0 Å². The quantitative estimate of drug-likeness (QED) is 0.709. The first-order chi connectivity index (χ1) is 10.2. The molecular formula is C18H36N2O. The fourth-order valence-corrected chi connectivity index (χ4v) is 4.21. The second kappa shape index (κ2) is 8.50. The number of rotatable bonds is 7. The van der Waals surface area contributed by atoms with Crippen LogP contribution in [0.25, 0.3) is 0 Å². The normalized spacial score (nSPS) is 35.0. The van der Waals surface area contributed by atoms with Crippen LogP contribution in [-0.2, 0) is 0 Å². The summed E-state index contributed by atoms with van der Waals surface area (Å²) in [7, 11) is 0. The zero-order chi connectivity index (χ0) is 15.1. The molecule has 1 aliphatic heterocycles. The van der Waals surface area contributed by atoms with Gasteiger partial charge in [-0.25, -0.2) is 0 Å². The Hall–Kier alpha value is -0.120. The average molecular weight is 296 g/mol. The summed E-state index contributed by atoms with van der Waals surface area (Å²) in [6, 6.07) is 0. The molecule has 2 N–H and O–H groups in total. The molecule has 21 heavy (non-hydrogen) atoms. The summed E-state index contributed by atoms with van der Waals surface area (Å²) in [5.41, 5.74) is 0.485. The standard InChI is InChI=1S/C18H36N2O/c1-3-10-19-14-18(8-6-16(2)7-9-18)15-20-11-4-5-17(12-20)13-21/h16-17,19,21H,3-15H2,1-2H3. The van der Waals surface area contributed by atoms with Crippen LogP contribution in [-0.4, -0.2) is 49.3 Å². The number of aliphatic hydroxyl groups is 1. The molecule has 1 saturated carbocycles. The molecule has 0 aromatic carbocycles. The molecule has 0 bridgehead atoms. The topological polar surface area (TPSA) is 35.5 Å². The molecule has 0 spiro atoms. The first kappa shape index (κ1) is 17.2. The third-order valence-electron chi connectivity index (χ3n) is 5.68. The van der Waals surface area contributed by atoms with Crippen LogP contribution in [0.2, 0.25) is 0 Å². The highest BCUT2D eigenvalue weighted by atomic mass is 16.3. The minimum atomic E-state index is 0.370. The van der Waals surface area contributed by atoms with E-state index in [1.54, 1.807) is 0 Å². The summed E-state index contributed by atoms with van der Waals surface area (Å²) in [5, 5.41) is 13.1. The van der Waals surface area contributed by atoms with Gasteiger partial charge in [-0.1, -0.05) is 26.7 Å². The molecule has 0 aromatic rings. The molecule has 2 aliphatic rings. The fraction of sp³-hybridized carbons (Fsp3) is 1.00. The Morgan fingerprint density at radius 3 is 2.67 bits per heavy atom. The molecule has 1 aliphatic carbocycles. The molecule has 2 rings (SSSR count). The Bertz CT molecular complexity index is 287. The van der Waals surface area contributed by atoms with Gasteiger partial charge in [0.1, 0.15) is 0 Å². The van der Waals surface area contributed by atoms with Crippen molar-refractivity contribution in [1.29, 1.82) is 0 Å². The van der Waals surface area contributed by atoms with Crippen LogP contribution >= 0.6 is 0 Å². The van der Waals surface area contributed by atoms with E-state index in [9.17, 15) is 5.11 Å². The van der Waals surface area contributed by atoms with Gasteiger partial charge in [-0.2, -0.15) is 0 Å². The number of aliphatic hydroxyl groups excluding tert-OH is 1. The van der Waals surface area contributed by atoms with Gasteiger partial charge < -0.3 is 15.3 Å². The van der Waals surface area contributed by atoms with Crippen molar-refractivity contribution in [3.8, 4) is 0 Å². The van der Waals surface area contributed by atoms with Crippen molar-refractivity contribution in [3.63, 3.8) is 0 Å². The van der Waals surface area contributed by atoms with Gasteiger partial charge in [-0.15, -0.1) is 0 Å². The number of likely N-dealkylation sites (tertiary alicyclic amines) is 1. The summed E-state index contributed by atoms with van der Waals surface area (Å²) in [6.45, 7) is 11.0. The van der Waals surface area contributed by atoms with Gasteiger partial charge in [0.25, 0.3) is 0 Å². The summed E-state index contributed by atoms with van der Waals surface area (Å²) >= 11 is 0. The number of hydrogen-bond donors (Lipinski definition) is 2. The van der Waals surface area contributed by atoms with Crippen LogP contribution in [0.15, 0.2) is 0 Å². The summed E-state index contributed by atoms with van der Waals surface area (Å²) in [5.74, 6) is 1.43. The van der Waals surface area contributed by atoms with Crippen molar-refractivity contribution < 1.29 is 5.11 Å². The second-order valence-electron chi connectivity index (χ2n) is 7.79. The monoisotopic (exact) mass is 296 g/mol. The number of hydrogen-bond acceptors (Lipinski definition) is 3. The molecule has 0 aromatic heterocycles. The van der Waals surface area contributed by atoms with Crippen LogP contribution in [0.4, 0.5) is 0 Å². The number of piperidine rings is 1. The Balaban J connectivity index is 1.91. The highest BCUT2D eigenvalue weighted by Crippen LogP contribution is 2.39. The SMILES string of the molecule is CCCNCC1(CN2CCCC(CO)C2)CCC(C)CC1. The summed E-state index contributed by atoms with van der Waals surface area (Å²) < 4.78 is 0. The lowest BCUT2D eigenvalue weighted by Crippen LogP contribution is -2.49. The van der Waals surface area contributed by atoms with E-state index in [2.05, 4.69) is 24.1 Å². The van der Waals surface area contributed by atoms with E-state index in [4.69, 9.17) is 0 Å². The summed E-state index contributed by atoms with van der Waals surface area (Å²) in [4.78, 5) is 2.65. The highest BCUT2D eigenvalue weighted by Gasteiger charge is 2.36. The molecule has 124 valence electrons. The lowest BCUT2D eigenvalue weighted by molar-refractivity contribution is 0.0495. The molecule has 3 nitrogen and oxygen atoms in total. The maximum Gasteiger partial charge on any atom is 0.0471 e. The van der Waals surface area contributed by atoms with E-state index in [0.29, 0.717) is 17.9 Å². The molecule has 3 heteroatoms. The number of nitrogens with zero attached hydrogens (tertiary/aromatic N) is 1. The zero-order valence-corrected chi connectivity index (χ0v) is 14.2. The van der Waals surface area contributed by atoms with Crippen LogP contribution in [0.3, 0.4) is 0 Å². The van der Waals surface area contributed by atoms with Crippen LogP contribution in [0.5, 0.6) is 0 Å². The molecule has 2 fully saturated rings. The van der Waals surface area contributed by atoms with E-state index in [0.717, 1.165) is 19.0 Å². The minimum absolute atomic E-state index is 0.370. The first-order valence-corrected chi connectivity index (χ1v) is 9.21. The Morgan fingerprint density at radius 1 is 1.24 bits per heavy atom. The van der Waals surface area contributed by atoms with Gasteiger partial charge in [0, 0.05) is 26.2 Å². The average Bonchev–Trinajstić information content (AvgIpc) is 2.51. The van der Waals surface area contributed by atoms with E-state index in [1.165, 1.54) is 64.6 Å². The number of nitrogens with one attached hydrogen (secondary N) is 1. The van der Waals surface area contributed by atoms with Crippen molar-refractivity contribution in [1.82, 2.24) is 10.2 Å². The molecule has 1 saturated heterocycles. The van der Waals surface area contributed by atoms with Crippen molar-refractivity contribution in [2.24, 2.45) is 17.3 Å². The lowest BCUT2D eigenvalue weighted by Gasteiger charge is -2.45. The maximum atomic E-state index is 9.45. The van der Waals surface area contributed by atoms with Crippen LogP contribution in [0.1, 0.15) is 58.8 Å². The molecule has 0 amide bonds. The summed E-state index contributed by atoms with van der Waals surface area (Å²) in [6.07, 6.45) is 9.25. The zero-order valence-electron chi connectivity index (χ0n) is 14.2. The third-order valence-corrected chi connectivity index (χ3v) is 5.68. The third kappa shape index (κ3) is 5.22. The van der Waals surface area contributed by atoms with Crippen molar-refractivity contribution in [2.75, 3.05) is 39.3 Å². The van der Waals surface area contributed by atoms with Crippen molar-refractivity contribution in [2.45, 2.75) is 58.8 Å². The largest absolute Gasteiger partial charge is 0.396 e. The Labute approximate surface area is 131 Å². The van der Waals surface area contributed by atoms with Crippen molar-refractivity contribution >= 4 is 0 Å². The second-order valence-corrected chi connectivity index (χ2v) is 7.79. The van der Waals surface area contributed by atoms with Gasteiger partial charge in [0.05, 0.1) is 0 Å².